The maximum absolute atomic E-state index is 10.6. The van der Waals surface area contributed by atoms with Crippen LogP contribution in [0.1, 0.15) is 18.2 Å². The Kier molecular flexibility index (Phi) is 10.3. The molecule has 0 spiro atoms. The molecule has 0 bridgehead atoms. The van der Waals surface area contributed by atoms with Gasteiger partial charge in [-0.2, -0.15) is 0 Å². The van der Waals surface area contributed by atoms with Crippen LogP contribution in [0.2, 0.25) is 0 Å². The summed E-state index contributed by atoms with van der Waals surface area (Å²) in [4.78, 5) is 3.38. The second-order valence-electron chi connectivity index (χ2n) is 16.4. The van der Waals surface area contributed by atoms with Crippen LogP contribution in [0.3, 0.4) is 0 Å². The molecule has 0 fully saturated rings. The van der Waals surface area contributed by atoms with Crippen LogP contribution in [0, 0.1) is 6.92 Å². The van der Waals surface area contributed by atoms with E-state index in [-0.39, 0.29) is 5.75 Å². The largest absolute Gasteiger partial charge is 0.507 e. The number of benzene rings is 9. The number of phenols is 1. The molecule has 0 saturated heterocycles. The molecule has 9 aromatic carbocycles. The average molecular weight is 856 g/mol. The van der Waals surface area contributed by atoms with Crippen molar-refractivity contribution in [3.05, 3.63) is 224 Å². The number of nitrogens with one attached hydrogen (secondary N) is 2. The Morgan fingerprint density at radius 1 is 0.538 bits per heavy atom. The molecule has 0 aliphatic carbocycles. The maximum atomic E-state index is 10.6. The summed E-state index contributed by atoms with van der Waals surface area (Å²) in [6.07, 6.45) is 4.16. The summed E-state index contributed by atoms with van der Waals surface area (Å²) in [5, 5.41) is 20.7. The van der Waals surface area contributed by atoms with Gasteiger partial charge in [0.05, 0.1) is 11.0 Å². The molecule has 0 atom stereocenters. The van der Waals surface area contributed by atoms with Crippen LogP contribution in [0.15, 0.2) is 212 Å². The zero-order valence-corrected chi connectivity index (χ0v) is 36.9. The SMILES string of the molecule is C/C=C\c1[nH]c2ccccc2c1C.Oc1ccccc1-c1cccc(-n2c3ccccc3c3c4sc5ccc(-c6cccc(Nc7ccccc7-c7ccccc7)c6)cc5c4ccc32)c1. The highest BCUT2D eigenvalue weighted by Gasteiger charge is 2.19. The van der Waals surface area contributed by atoms with Crippen molar-refractivity contribution < 1.29 is 5.11 Å². The van der Waals surface area contributed by atoms with Crippen molar-refractivity contribution in [3.8, 4) is 44.8 Å². The van der Waals surface area contributed by atoms with E-state index < -0.39 is 0 Å². The van der Waals surface area contributed by atoms with Crippen LogP contribution < -0.4 is 5.32 Å². The molecule has 12 rings (SSSR count). The minimum atomic E-state index is 0.282. The lowest BCUT2D eigenvalue weighted by Crippen LogP contribution is -1.94. The van der Waals surface area contributed by atoms with Crippen LogP contribution in [0.5, 0.6) is 5.75 Å². The second kappa shape index (κ2) is 16.9. The molecule has 0 saturated carbocycles. The third-order valence-corrected chi connectivity index (χ3v) is 13.6. The highest BCUT2D eigenvalue weighted by atomic mass is 32.1. The Hall–Kier alpha value is -8.12. The molecule has 5 heteroatoms. The molecule has 65 heavy (non-hydrogen) atoms. The van der Waals surface area contributed by atoms with E-state index in [4.69, 9.17) is 0 Å². The number of para-hydroxylation sites is 4. The molecule has 312 valence electrons. The summed E-state index contributed by atoms with van der Waals surface area (Å²) in [6.45, 7) is 4.18. The number of aromatic hydroxyl groups is 1. The third kappa shape index (κ3) is 7.32. The monoisotopic (exact) mass is 855 g/mol. The summed E-state index contributed by atoms with van der Waals surface area (Å²) < 4.78 is 4.93. The van der Waals surface area contributed by atoms with Crippen molar-refractivity contribution in [2.75, 3.05) is 5.32 Å². The van der Waals surface area contributed by atoms with Gasteiger partial charge in [0.25, 0.3) is 0 Å². The van der Waals surface area contributed by atoms with E-state index in [1.807, 2.05) is 36.5 Å². The van der Waals surface area contributed by atoms with Crippen molar-refractivity contribution >= 4 is 81.7 Å². The van der Waals surface area contributed by atoms with Gasteiger partial charge in [-0.05, 0) is 114 Å². The fraction of sp³-hybridized carbons (Fsp3) is 0.0333. The second-order valence-corrected chi connectivity index (χ2v) is 17.4. The zero-order valence-electron chi connectivity index (χ0n) is 36.1. The van der Waals surface area contributed by atoms with Crippen molar-refractivity contribution in [1.29, 1.82) is 0 Å². The minimum Gasteiger partial charge on any atom is -0.507 e. The first-order valence-corrected chi connectivity index (χ1v) is 22.8. The summed E-state index contributed by atoms with van der Waals surface area (Å²) in [6, 6.07) is 72.2. The number of allylic oxidation sites excluding steroid dienone is 1. The van der Waals surface area contributed by atoms with Gasteiger partial charge in [-0.1, -0.05) is 146 Å². The van der Waals surface area contributed by atoms with Gasteiger partial charge in [0.1, 0.15) is 5.75 Å². The van der Waals surface area contributed by atoms with Crippen LogP contribution in [0.4, 0.5) is 11.4 Å². The maximum Gasteiger partial charge on any atom is 0.123 e. The molecule has 0 amide bonds. The predicted octanol–water partition coefficient (Wildman–Crippen LogP) is 17.1. The lowest BCUT2D eigenvalue weighted by Gasteiger charge is -2.13. The molecule has 0 radical (unpaired) electrons. The van der Waals surface area contributed by atoms with Gasteiger partial charge in [-0.15, -0.1) is 11.3 Å². The highest BCUT2D eigenvalue weighted by molar-refractivity contribution is 7.26. The molecule has 0 unspecified atom stereocenters. The minimum absolute atomic E-state index is 0.282. The van der Waals surface area contributed by atoms with E-state index in [9.17, 15) is 5.11 Å². The Morgan fingerprint density at radius 2 is 1.25 bits per heavy atom. The number of hydrogen-bond acceptors (Lipinski definition) is 3. The smallest absolute Gasteiger partial charge is 0.123 e. The van der Waals surface area contributed by atoms with Crippen LogP contribution in [-0.2, 0) is 0 Å². The number of thiophene rings is 1. The number of fused-ring (bicyclic) bond motifs is 8. The molecule has 3 aromatic heterocycles. The Morgan fingerprint density at radius 3 is 2.09 bits per heavy atom. The summed E-state index contributed by atoms with van der Waals surface area (Å²) in [5.41, 5.74) is 15.8. The van der Waals surface area contributed by atoms with Crippen LogP contribution in [0.25, 0.3) is 98.0 Å². The predicted molar refractivity (Wildman–Crippen MR) is 279 cm³/mol. The number of rotatable bonds is 7. The Balaban J connectivity index is 0.000000310. The first-order valence-electron chi connectivity index (χ1n) is 22.0. The third-order valence-electron chi connectivity index (χ3n) is 12.4. The van der Waals surface area contributed by atoms with Crippen molar-refractivity contribution in [2.45, 2.75) is 13.8 Å². The number of H-pyrrole nitrogens is 1. The van der Waals surface area contributed by atoms with E-state index in [1.165, 1.54) is 80.9 Å². The lowest BCUT2D eigenvalue weighted by molar-refractivity contribution is 0.477. The number of anilines is 2. The first kappa shape index (κ1) is 39.7. The van der Waals surface area contributed by atoms with Crippen molar-refractivity contribution in [3.63, 3.8) is 0 Å². The number of phenolic OH excluding ortho intramolecular Hbond substituents is 1. The number of hydrogen-bond donors (Lipinski definition) is 3. The average Bonchev–Trinajstić information content (AvgIpc) is 4.01. The summed E-state index contributed by atoms with van der Waals surface area (Å²) in [5.74, 6) is 0.282. The van der Waals surface area contributed by atoms with Gasteiger partial charge in [0.15, 0.2) is 0 Å². The fourth-order valence-electron chi connectivity index (χ4n) is 9.30. The fourth-order valence-corrected chi connectivity index (χ4v) is 10.5. The highest BCUT2D eigenvalue weighted by Crippen LogP contribution is 2.45. The van der Waals surface area contributed by atoms with E-state index >= 15 is 0 Å². The Bertz CT molecular complexity index is 3740. The van der Waals surface area contributed by atoms with E-state index in [0.717, 1.165) is 33.7 Å². The number of aromatic nitrogens is 2. The van der Waals surface area contributed by atoms with Crippen LogP contribution in [-0.4, -0.2) is 14.7 Å². The standard InChI is InChI=1S/C48H32N2OS.C12H13N/c51-45-23-9-6-19-38(45)34-15-11-17-36(29-34)50-43-22-8-5-20-40(43)47-44(50)26-25-39-41-30-33(24-27-46(41)52-48(39)47)32-14-10-16-35(28-32)49-42-21-7-4-18-37(42)31-12-2-1-3-13-31;1-3-6-11-9(2)10-7-4-5-8-12(10)13-11/h1-30,49,51H;3-8,13H,1-2H3/b;6-3-. The van der Waals surface area contributed by atoms with Gasteiger partial charge in [-0.25, -0.2) is 0 Å². The molecule has 3 N–H and O–H groups in total. The van der Waals surface area contributed by atoms with Gasteiger partial charge in [-0.3, -0.25) is 0 Å². The van der Waals surface area contributed by atoms with Crippen molar-refractivity contribution in [1.82, 2.24) is 9.55 Å². The number of aromatic amines is 1. The molecule has 0 aliphatic rings. The van der Waals surface area contributed by atoms with E-state index in [1.54, 1.807) is 6.07 Å². The normalized spacial score (nSPS) is 11.5. The first-order chi connectivity index (χ1) is 32.0. The number of nitrogens with zero attached hydrogens (tertiary/aromatic N) is 1. The van der Waals surface area contributed by atoms with E-state index in [2.05, 4.69) is 216 Å². The van der Waals surface area contributed by atoms with E-state index in [0.29, 0.717) is 0 Å². The lowest BCUT2D eigenvalue weighted by atomic mass is 10.0. The van der Waals surface area contributed by atoms with Gasteiger partial charge >= 0.3 is 0 Å². The topological polar surface area (TPSA) is 53.0 Å². The van der Waals surface area contributed by atoms with Gasteiger partial charge in [0.2, 0.25) is 0 Å². The zero-order chi connectivity index (χ0) is 43.9. The molecule has 3 heterocycles. The quantitative estimate of drug-likeness (QED) is 0.150. The summed E-state index contributed by atoms with van der Waals surface area (Å²) in [7, 11) is 0. The molecular weight excluding hydrogens is 811 g/mol. The number of aryl methyl sites for hydroxylation is 1. The van der Waals surface area contributed by atoms with Crippen molar-refractivity contribution in [2.24, 2.45) is 0 Å². The van der Waals surface area contributed by atoms with Gasteiger partial charge < -0.3 is 20.0 Å². The molecule has 0 aliphatic heterocycles. The van der Waals surface area contributed by atoms with Gasteiger partial charge in [0, 0.05) is 75.7 Å². The molecular formula is C60H45N3OS. The Labute approximate surface area is 382 Å². The van der Waals surface area contributed by atoms with Crippen LogP contribution >= 0.6 is 11.3 Å². The molecule has 12 aromatic rings. The summed E-state index contributed by atoms with van der Waals surface area (Å²) >= 11 is 1.87. The molecule has 4 nitrogen and oxygen atoms in total.